The number of aliphatic hydroxyl groups is 5. The van der Waals surface area contributed by atoms with Crippen LogP contribution in [0.5, 0.6) is 0 Å². The van der Waals surface area contributed by atoms with E-state index in [-0.39, 0.29) is 12.5 Å². The molecule has 458 valence electrons. The van der Waals surface area contributed by atoms with Gasteiger partial charge in [-0.2, -0.15) is 0 Å². The Bertz CT molecular complexity index is 1370. The highest BCUT2D eigenvalue weighted by Crippen LogP contribution is 2.23. The van der Waals surface area contributed by atoms with Gasteiger partial charge >= 0.3 is 0 Å². The van der Waals surface area contributed by atoms with Crippen molar-refractivity contribution < 1.29 is 39.8 Å². The zero-order chi connectivity index (χ0) is 56.5. The van der Waals surface area contributed by atoms with Crippen LogP contribution in [0, 0.1) is 0 Å². The van der Waals surface area contributed by atoms with E-state index in [1.54, 1.807) is 6.08 Å². The first-order chi connectivity index (χ1) is 38.3. The van der Waals surface area contributed by atoms with Crippen LogP contribution in [0.3, 0.4) is 0 Å². The minimum Gasteiger partial charge on any atom is -0.394 e. The zero-order valence-electron chi connectivity index (χ0n) is 51.2. The van der Waals surface area contributed by atoms with Crippen molar-refractivity contribution in [3.05, 3.63) is 48.6 Å². The molecule has 9 heteroatoms. The molecule has 0 radical (unpaired) electrons. The summed E-state index contributed by atoms with van der Waals surface area (Å²) in [5.74, 6) is -0.174. The molecule has 0 aromatic carbocycles. The standard InChI is InChI=1S/C69H129NO8/c1-3-5-7-9-11-13-15-17-19-21-23-25-27-29-31-32-33-35-37-39-41-43-45-47-49-51-53-55-57-59-65(73)70-62(61-77-69-68(76)67(75)66(74)64(60-71)78-69)63(72)58-56-54-52-50-48-46-44-42-40-38-36-34-30-28-26-24-22-20-18-16-14-12-10-8-6-4-2/h15,17,21,23,27,29,56,58,62-64,66-69,71-72,74-76H,3-14,16,18-20,22,24-26,28,30-55,57,59-61H2,1-2H3,(H,70,73)/b17-15-,23-21-,29-27-,58-56+. The maximum atomic E-state index is 13.1. The number of amides is 1. The van der Waals surface area contributed by atoms with E-state index in [0.29, 0.717) is 6.42 Å². The molecule has 0 aromatic rings. The van der Waals surface area contributed by atoms with Gasteiger partial charge in [-0.05, 0) is 57.8 Å². The number of ether oxygens (including phenoxy) is 2. The van der Waals surface area contributed by atoms with Crippen molar-refractivity contribution >= 4 is 5.91 Å². The monoisotopic (exact) mass is 1100 g/mol. The van der Waals surface area contributed by atoms with Gasteiger partial charge in [-0.3, -0.25) is 4.79 Å². The van der Waals surface area contributed by atoms with Crippen LogP contribution in [0.1, 0.15) is 328 Å². The number of carbonyl (C=O) groups excluding carboxylic acids is 1. The van der Waals surface area contributed by atoms with Crippen LogP contribution in [-0.4, -0.2) is 87.5 Å². The molecule has 1 aliphatic rings. The van der Waals surface area contributed by atoms with Gasteiger partial charge in [0.25, 0.3) is 0 Å². The summed E-state index contributed by atoms with van der Waals surface area (Å²) < 4.78 is 11.3. The largest absolute Gasteiger partial charge is 0.394 e. The van der Waals surface area contributed by atoms with Gasteiger partial charge in [0.15, 0.2) is 6.29 Å². The average Bonchev–Trinajstić information content (AvgIpc) is 3.45. The van der Waals surface area contributed by atoms with E-state index < -0.39 is 49.5 Å². The summed E-state index contributed by atoms with van der Waals surface area (Å²) in [5, 5.41) is 54.7. The lowest BCUT2D eigenvalue weighted by molar-refractivity contribution is -0.302. The zero-order valence-corrected chi connectivity index (χ0v) is 51.2. The Morgan fingerprint density at radius 2 is 0.756 bits per heavy atom. The van der Waals surface area contributed by atoms with Crippen molar-refractivity contribution in [3.63, 3.8) is 0 Å². The van der Waals surface area contributed by atoms with Crippen molar-refractivity contribution in [1.29, 1.82) is 0 Å². The van der Waals surface area contributed by atoms with Crippen molar-refractivity contribution in [2.75, 3.05) is 13.2 Å². The van der Waals surface area contributed by atoms with Gasteiger partial charge < -0.3 is 40.3 Å². The average molecular weight is 1100 g/mol. The summed E-state index contributed by atoms with van der Waals surface area (Å²) >= 11 is 0. The van der Waals surface area contributed by atoms with Gasteiger partial charge in [-0.25, -0.2) is 0 Å². The summed E-state index contributed by atoms with van der Waals surface area (Å²) in [4.78, 5) is 13.1. The number of allylic oxidation sites excluding steroid dienone is 7. The molecular weight excluding hydrogens is 971 g/mol. The molecule has 0 aromatic heterocycles. The Hall–Kier alpha value is -1.85. The summed E-state index contributed by atoms with van der Waals surface area (Å²) in [6, 6.07) is -0.807. The fourth-order valence-corrected chi connectivity index (χ4v) is 10.8. The first-order valence-electron chi connectivity index (χ1n) is 33.9. The Morgan fingerprint density at radius 1 is 0.436 bits per heavy atom. The van der Waals surface area contributed by atoms with Gasteiger partial charge in [0, 0.05) is 6.42 Å². The van der Waals surface area contributed by atoms with Crippen molar-refractivity contribution in [2.45, 2.75) is 371 Å². The Morgan fingerprint density at radius 3 is 1.12 bits per heavy atom. The number of hydrogen-bond donors (Lipinski definition) is 6. The summed E-state index contributed by atoms with van der Waals surface area (Å²) in [7, 11) is 0. The fraction of sp³-hybridized carbons (Fsp3) is 0.870. The van der Waals surface area contributed by atoms with E-state index >= 15 is 0 Å². The third-order valence-corrected chi connectivity index (χ3v) is 16.1. The number of nitrogens with one attached hydrogen (secondary N) is 1. The molecule has 9 nitrogen and oxygen atoms in total. The summed E-state index contributed by atoms with van der Waals surface area (Å²) in [6.07, 6.45) is 72.0. The Balaban J connectivity index is 2.15. The molecule has 1 fully saturated rings. The highest BCUT2D eigenvalue weighted by molar-refractivity contribution is 5.76. The normalized spacial score (nSPS) is 18.9. The molecule has 6 N–H and O–H groups in total. The van der Waals surface area contributed by atoms with Crippen LogP contribution in [0.4, 0.5) is 0 Å². The maximum Gasteiger partial charge on any atom is 0.220 e. The van der Waals surface area contributed by atoms with Gasteiger partial charge in [0.05, 0.1) is 25.4 Å². The number of carbonyl (C=O) groups is 1. The van der Waals surface area contributed by atoms with Crippen LogP contribution in [-0.2, 0) is 14.3 Å². The van der Waals surface area contributed by atoms with Gasteiger partial charge in [-0.1, -0.05) is 313 Å². The number of hydrogen-bond acceptors (Lipinski definition) is 8. The summed E-state index contributed by atoms with van der Waals surface area (Å²) in [5.41, 5.74) is 0. The maximum absolute atomic E-state index is 13.1. The quantitative estimate of drug-likeness (QED) is 0.0261. The van der Waals surface area contributed by atoms with Crippen molar-refractivity contribution in [1.82, 2.24) is 5.32 Å². The molecule has 0 bridgehead atoms. The van der Waals surface area contributed by atoms with Crippen LogP contribution in [0.25, 0.3) is 0 Å². The Kier molecular flexibility index (Phi) is 55.5. The second kappa shape index (κ2) is 58.4. The minimum atomic E-state index is -1.57. The van der Waals surface area contributed by atoms with E-state index in [2.05, 4.69) is 55.6 Å². The first-order valence-corrected chi connectivity index (χ1v) is 33.9. The molecule has 1 heterocycles. The Labute approximate surface area is 482 Å². The van der Waals surface area contributed by atoms with E-state index in [4.69, 9.17) is 9.47 Å². The smallest absolute Gasteiger partial charge is 0.220 e. The third-order valence-electron chi connectivity index (χ3n) is 16.1. The molecule has 1 aliphatic heterocycles. The lowest BCUT2D eigenvalue weighted by atomic mass is 9.99. The molecule has 1 saturated heterocycles. The number of unbranched alkanes of at least 4 members (excludes halogenated alkanes) is 43. The topological polar surface area (TPSA) is 149 Å². The van der Waals surface area contributed by atoms with Crippen LogP contribution < -0.4 is 5.32 Å². The van der Waals surface area contributed by atoms with Gasteiger partial charge in [0.2, 0.25) is 5.91 Å². The van der Waals surface area contributed by atoms with Crippen molar-refractivity contribution in [2.24, 2.45) is 0 Å². The van der Waals surface area contributed by atoms with E-state index in [9.17, 15) is 30.3 Å². The minimum absolute atomic E-state index is 0.174. The van der Waals surface area contributed by atoms with Crippen molar-refractivity contribution in [3.8, 4) is 0 Å². The molecule has 7 atom stereocenters. The molecule has 1 rings (SSSR count). The molecule has 78 heavy (non-hydrogen) atoms. The molecule has 0 aliphatic carbocycles. The van der Waals surface area contributed by atoms with Gasteiger partial charge in [-0.15, -0.1) is 0 Å². The fourth-order valence-electron chi connectivity index (χ4n) is 10.8. The first kappa shape index (κ1) is 74.2. The van der Waals surface area contributed by atoms with Crippen LogP contribution in [0.2, 0.25) is 0 Å². The van der Waals surface area contributed by atoms with E-state index in [1.165, 1.54) is 257 Å². The van der Waals surface area contributed by atoms with Crippen LogP contribution >= 0.6 is 0 Å². The number of rotatable bonds is 59. The summed E-state index contributed by atoms with van der Waals surface area (Å²) in [6.45, 7) is 3.81. The van der Waals surface area contributed by atoms with E-state index in [0.717, 1.165) is 51.4 Å². The molecule has 7 unspecified atom stereocenters. The molecule has 0 saturated carbocycles. The lowest BCUT2D eigenvalue weighted by Crippen LogP contribution is -2.60. The third kappa shape index (κ3) is 46.7. The lowest BCUT2D eigenvalue weighted by Gasteiger charge is -2.40. The van der Waals surface area contributed by atoms with E-state index in [1.807, 2.05) is 6.08 Å². The highest BCUT2D eigenvalue weighted by Gasteiger charge is 2.44. The van der Waals surface area contributed by atoms with Gasteiger partial charge in [0.1, 0.15) is 24.4 Å². The molecule has 0 spiro atoms. The predicted molar refractivity (Wildman–Crippen MR) is 332 cm³/mol. The van der Waals surface area contributed by atoms with Crippen LogP contribution in [0.15, 0.2) is 48.6 Å². The second-order valence-electron chi connectivity index (χ2n) is 23.6. The number of aliphatic hydroxyl groups excluding tert-OH is 5. The molecule has 1 amide bonds. The second-order valence-corrected chi connectivity index (χ2v) is 23.6. The molecular formula is C69H129NO8. The predicted octanol–water partition coefficient (Wildman–Crippen LogP) is 18.0. The SMILES string of the molecule is CCCCCCC/C=C\C/C=C\C/C=C\CCCCCCCCCCCCCCCCC(=O)NC(COC1OC(CO)C(O)C(O)C1O)C(O)/C=C/CCCCCCCCCCCCCCCCCCCCCCCCCC. The highest BCUT2D eigenvalue weighted by atomic mass is 16.7.